The van der Waals surface area contributed by atoms with Crippen molar-refractivity contribution in [2.45, 2.75) is 0 Å². The fraction of sp³-hybridized carbons (Fsp3) is 0.333. The van der Waals surface area contributed by atoms with E-state index in [0.717, 1.165) is 12.2 Å². The van der Waals surface area contributed by atoms with Gasteiger partial charge in [-0.05, 0) is 11.1 Å². The lowest BCUT2D eigenvalue weighted by molar-refractivity contribution is 0.493. The summed E-state index contributed by atoms with van der Waals surface area (Å²) in [5, 5.41) is 1.92. The molecule has 2 aliphatic rings. The fourth-order valence-electron chi connectivity index (χ4n) is 0.949. The highest BCUT2D eigenvalue weighted by molar-refractivity contribution is 14.2. The fourth-order valence-corrected chi connectivity index (χ4v) is 2.35. The van der Waals surface area contributed by atoms with Crippen LogP contribution < -0.4 is 0 Å². The zero-order chi connectivity index (χ0) is 6.97. The zero-order valence-electron chi connectivity index (χ0n) is 5.58. The second kappa shape index (κ2) is 2.43. The van der Waals surface area contributed by atoms with Gasteiger partial charge in [0.05, 0.1) is 0 Å². The molecule has 0 aromatic heterocycles. The first-order valence-corrected chi connectivity index (χ1v) is 5.23. The molecule has 0 unspecified atom stereocenters. The van der Waals surface area contributed by atoms with Gasteiger partial charge in [-0.2, -0.15) is 0 Å². The van der Waals surface area contributed by atoms with Crippen molar-refractivity contribution >= 4 is 21.0 Å². The zero-order valence-corrected chi connectivity index (χ0v) is 7.74. The van der Waals surface area contributed by atoms with Gasteiger partial charge in [0.1, 0.15) is 0 Å². The molecular weight excluding hydrogens is 241 g/mol. The molecule has 2 rings (SSSR count). The average Bonchev–Trinajstić information content (AvgIpc) is 2.27. The Bertz CT molecular complexity index is 217. The Kier molecular flexibility index (Phi) is 1.57. The molecule has 0 fully saturated rings. The molecule has 0 aliphatic carbocycles. The molecule has 2 heterocycles. The summed E-state index contributed by atoms with van der Waals surface area (Å²) in [5.74, 6) is 0. The summed E-state index contributed by atoms with van der Waals surface area (Å²) in [4.78, 5) is 0. The molecule has 0 spiro atoms. The molecule has 4 heteroatoms. The Morgan fingerprint density at radius 2 is 2.70 bits per heavy atom. The Hall–Kier alpha value is -0.230. The van der Waals surface area contributed by atoms with Crippen LogP contribution in [0.4, 0.5) is 0 Å². The molecule has 0 atom stereocenters. The Balaban J connectivity index is 2.31. The Labute approximate surface area is 69.9 Å². The van der Waals surface area contributed by atoms with Gasteiger partial charge in [0, 0.05) is 33.3 Å². The van der Waals surface area contributed by atoms with Crippen molar-refractivity contribution in [3.63, 3.8) is 0 Å². The van der Waals surface area contributed by atoms with Gasteiger partial charge in [-0.3, -0.25) is 0 Å². The van der Waals surface area contributed by atoms with Crippen molar-refractivity contribution < 1.29 is 0 Å². The average molecular weight is 248 g/mol. The number of allylic oxidation sites excluding steroid dienone is 1. The van der Waals surface area contributed by atoms with Gasteiger partial charge in [0.15, 0.2) is 0 Å². The van der Waals surface area contributed by atoms with Gasteiger partial charge in [-0.25, -0.2) is 3.15 Å². The lowest BCUT2D eigenvalue weighted by atomic mass is 10.3. The minimum atomic E-state index is -0.0386. The smallest absolute Gasteiger partial charge is 0.0454 e. The van der Waals surface area contributed by atoms with Gasteiger partial charge in [-0.1, -0.05) is 6.08 Å². The van der Waals surface area contributed by atoms with Crippen LogP contribution in [0.2, 0.25) is 0 Å². The second-order valence-electron chi connectivity index (χ2n) is 2.22. The van der Waals surface area contributed by atoms with Gasteiger partial charge in [0.25, 0.3) is 0 Å². The molecule has 0 saturated heterocycles. The number of nitrogens with zero attached hydrogens (tertiary/aromatic N) is 3. The highest BCUT2D eigenvalue weighted by Crippen LogP contribution is 2.31. The molecule has 0 radical (unpaired) electrons. The van der Waals surface area contributed by atoms with E-state index in [4.69, 9.17) is 0 Å². The van der Waals surface area contributed by atoms with E-state index in [1.54, 1.807) is 0 Å². The summed E-state index contributed by atoms with van der Waals surface area (Å²) in [6.45, 7) is 0.902. The molecule has 0 aromatic rings. The Morgan fingerprint density at radius 3 is 3.50 bits per heavy atom. The number of likely N-dealkylation sites (N-methyl/N-ethyl adjacent to an activating group) is 1. The van der Waals surface area contributed by atoms with Crippen molar-refractivity contribution in [1.82, 2.24) is 5.01 Å². The summed E-state index contributed by atoms with van der Waals surface area (Å²) in [5.41, 5.74) is 6.50. The molecule has 0 aromatic carbocycles. The summed E-state index contributed by atoms with van der Waals surface area (Å²) in [6, 6.07) is 0. The molecule has 0 N–H and O–H groups in total. The number of hydrogen-bond donors (Lipinski definition) is 0. The van der Waals surface area contributed by atoms with E-state index in [2.05, 4.69) is 18.7 Å². The van der Waals surface area contributed by atoms with Gasteiger partial charge >= 0.3 is 0 Å². The van der Waals surface area contributed by atoms with Gasteiger partial charge in [0.2, 0.25) is 0 Å². The molecule has 0 amide bonds. The standard InChI is InChI=1S/C6H7IN3/c1-10-4-6-5(9-10)2-3-7-8-6/h2-3H,4H2,1H3/q-1. The number of halogens is 1. The summed E-state index contributed by atoms with van der Waals surface area (Å²) >= 11 is -0.0386. The highest BCUT2D eigenvalue weighted by Gasteiger charge is 2.06. The second-order valence-corrected chi connectivity index (χ2v) is 3.98. The van der Waals surface area contributed by atoms with E-state index in [1.807, 2.05) is 12.1 Å². The van der Waals surface area contributed by atoms with Crippen LogP contribution in [0.1, 0.15) is 0 Å². The Morgan fingerprint density at radius 1 is 1.80 bits per heavy atom. The summed E-state index contributed by atoms with van der Waals surface area (Å²) in [7, 11) is 1.97. The predicted molar refractivity (Wildman–Crippen MR) is 48.6 cm³/mol. The normalized spacial score (nSPS) is 24.1. The molecular formula is C6H7IN3-. The maximum absolute atomic E-state index is 4.41. The number of hydrogen-bond acceptors (Lipinski definition) is 2. The summed E-state index contributed by atoms with van der Waals surface area (Å²) in [6.07, 6.45) is 2.08. The molecule has 54 valence electrons. The van der Waals surface area contributed by atoms with E-state index in [0.29, 0.717) is 0 Å². The van der Waals surface area contributed by atoms with E-state index < -0.39 is 0 Å². The maximum atomic E-state index is 4.41. The highest BCUT2D eigenvalue weighted by atomic mass is 127. The van der Waals surface area contributed by atoms with E-state index in [9.17, 15) is 0 Å². The van der Waals surface area contributed by atoms with Crippen molar-refractivity contribution in [3.8, 4) is 0 Å². The van der Waals surface area contributed by atoms with E-state index in [-0.39, 0.29) is 21.0 Å². The van der Waals surface area contributed by atoms with Crippen LogP contribution >= 0.6 is 21.0 Å². The largest absolute Gasteiger partial charge is 0.618 e. The first-order valence-electron chi connectivity index (χ1n) is 3.02. The topological polar surface area (TPSA) is 29.7 Å². The molecule has 10 heavy (non-hydrogen) atoms. The lowest BCUT2D eigenvalue weighted by Crippen LogP contribution is -2.07. The van der Waals surface area contributed by atoms with Crippen molar-refractivity contribution in [1.29, 1.82) is 0 Å². The molecule has 0 bridgehead atoms. The maximum Gasteiger partial charge on any atom is 0.0454 e. The van der Waals surface area contributed by atoms with Gasteiger partial charge < -0.3 is 10.4 Å². The van der Waals surface area contributed by atoms with Crippen molar-refractivity contribution in [2.24, 2.45) is 3.15 Å². The number of rotatable bonds is 0. The van der Waals surface area contributed by atoms with E-state index in [1.165, 1.54) is 5.70 Å². The quantitative estimate of drug-likeness (QED) is 0.604. The van der Waals surface area contributed by atoms with E-state index >= 15 is 0 Å². The van der Waals surface area contributed by atoms with Crippen LogP contribution in [0, 0.1) is 0 Å². The predicted octanol–water partition coefficient (Wildman–Crippen LogP) is 2.11. The van der Waals surface area contributed by atoms with Crippen LogP contribution in [0.15, 0.2) is 24.7 Å². The minimum absolute atomic E-state index is 0.0386. The minimum Gasteiger partial charge on any atom is -0.618 e. The van der Waals surface area contributed by atoms with Crippen molar-refractivity contribution in [3.05, 3.63) is 27.0 Å². The van der Waals surface area contributed by atoms with Crippen LogP contribution in [0.3, 0.4) is 0 Å². The monoisotopic (exact) mass is 248 g/mol. The first-order chi connectivity index (χ1) is 4.86. The van der Waals surface area contributed by atoms with Crippen LogP contribution in [-0.4, -0.2) is 18.6 Å². The van der Waals surface area contributed by atoms with Crippen LogP contribution in [0.25, 0.3) is 5.43 Å². The third-order valence-electron chi connectivity index (χ3n) is 1.38. The molecule has 0 saturated carbocycles. The summed E-state index contributed by atoms with van der Waals surface area (Å²) < 4.78 is 6.55. The molecule has 3 nitrogen and oxygen atoms in total. The molecule has 2 aliphatic heterocycles. The lowest BCUT2D eigenvalue weighted by Gasteiger charge is -2.25. The van der Waals surface area contributed by atoms with Gasteiger partial charge in [-0.15, -0.1) is 5.70 Å². The third-order valence-corrected chi connectivity index (χ3v) is 2.92. The van der Waals surface area contributed by atoms with Crippen LogP contribution in [-0.2, 0) is 0 Å². The van der Waals surface area contributed by atoms with Crippen molar-refractivity contribution in [2.75, 3.05) is 13.6 Å². The SMILES string of the molecule is CN1CC2=C(C=CI=N2)[N-]1. The first kappa shape index (κ1) is 6.48. The van der Waals surface area contributed by atoms with Crippen LogP contribution in [0.5, 0.6) is 0 Å². The third kappa shape index (κ3) is 1.01.